The molecule has 1 heterocycles. The summed E-state index contributed by atoms with van der Waals surface area (Å²) in [5, 5.41) is 10.3. The molecule has 1 aromatic heterocycles. The van der Waals surface area contributed by atoms with E-state index in [1.807, 2.05) is 6.07 Å². The van der Waals surface area contributed by atoms with Gasteiger partial charge in [0, 0.05) is 23.2 Å². The predicted octanol–water partition coefficient (Wildman–Crippen LogP) is 1.70. The molecule has 0 aliphatic rings. The number of rotatable bonds is 3. The van der Waals surface area contributed by atoms with Crippen molar-refractivity contribution in [2.24, 2.45) is 0 Å². The Morgan fingerprint density at radius 2 is 2.27 bits per heavy atom. The number of aromatic nitrogens is 1. The van der Waals surface area contributed by atoms with E-state index in [1.165, 1.54) is 0 Å². The molecule has 0 spiro atoms. The van der Waals surface area contributed by atoms with Crippen molar-refractivity contribution < 1.29 is 14.6 Å². The summed E-state index contributed by atoms with van der Waals surface area (Å²) in [5.74, 6) is -0.418. The average Bonchev–Trinajstić information content (AvgIpc) is 2.26. The van der Waals surface area contributed by atoms with E-state index < -0.39 is 5.97 Å². The van der Waals surface area contributed by atoms with Gasteiger partial charge in [0.15, 0.2) is 6.61 Å². The minimum absolute atomic E-state index is 0.332. The van der Waals surface area contributed by atoms with Crippen molar-refractivity contribution in [1.29, 1.82) is 0 Å². The fourth-order valence-electron chi connectivity index (χ4n) is 1.36. The van der Waals surface area contributed by atoms with E-state index in [0.717, 1.165) is 10.8 Å². The number of aliphatic carboxylic acids is 1. The lowest BCUT2D eigenvalue weighted by Crippen LogP contribution is -2.09. The molecular formula is C11H9NO3. The molecule has 0 unspecified atom stereocenters. The van der Waals surface area contributed by atoms with Crippen molar-refractivity contribution in [3.05, 3.63) is 36.7 Å². The Morgan fingerprint density at radius 3 is 3.07 bits per heavy atom. The number of carbonyl (C=O) groups is 1. The molecule has 76 valence electrons. The summed E-state index contributed by atoms with van der Waals surface area (Å²) in [5.41, 5.74) is 0. The Labute approximate surface area is 86.1 Å². The molecule has 2 rings (SSSR count). The number of fused-ring (bicyclic) bond motifs is 1. The summed E-state index contributed by atoms with van der Waals surface area (Å²) in [7, 11) is 0. The lowest BCUT2D eigenvalue weighted by Gasteiger charge is -2.06. The summed E-state index contributed by atoms with van der Waals surface area (Å²) in [6, 6.07) is 7.24. The van der Waals surface area contributed by atoms with Crippen molar-refractivity contribution in [3.8, 4) is 5.75 Å². The van der Waals surface area contributed by atoms with E-state index >= 15 is 0 Å². The lowest BCUT2D eigenvalue weighted by molar-refractivity contribution is -0.139. The minimum atomic E-state index is -0.985. The second-order valence-corrected chi connectivity index (χ2v) is 3.04. The lowest BCUT2D eigenvalue weighted by atomic mass is 10.1. The van der Waals surface area contributed by atoms with Crippen LogP contribution in [0.15, 0.2) is 36.7 Å². The number of nitrogens with zero attached hydrogens (tertiary/aromatic N) is 1. The zero-order valence-corrected chi connectivity index (χ0v) is 7.88. The Bertz CT molecular complexity index is 491. The van der Waals surface area contributed by atoms with Crippen molar-refractivity contribution in [1.82, 2.24) is 4.98 Å². The van der Waals surface area contributed by atoms with E-state index in [0.29, 0.717) is 5.75 Å². The SMILES string of the molecule is O=C(O)COc1cccc2cnccc12. The first-order valence-electron chi connectivity index (χ1n) is 4.45. The van der Waals surface area contributed by atoms with Crippen LogP contribution in [0.4, 0.5) is 0 Å². The number of pyridine rings is 1. The fourth-order valence-corrected chi connectivity index (χ4v) is 1.36. The zero-order valence-electron chi connectivity index (χ0n) is 7.88. The molecule has 1 N–H and O–H groups in total. The monoisotopic (exact) mass is 203 g/mol. The number of ether oxygens (including phenoxy) is 1. The molecule has 1 aromatic carbocycles. The van der Waals surface area contributed by atoms with Crippen LogP contribution < -0.4 is 4.74 Å². The second-order valence-electron chi connectivity index (χ2n) is 3.04. The molecule has 0 fully saturated rings. The van der Waals surface area contributed by atoms with Gasteiger partial charge in [-0.05, 0) is 12.1 Å². The van der Waals surface area contributed by atoms with E-state index in [1.54, 1.807) is 30.6 Å². The van der Waals surface area contributed by atoms with Crippen molar-refractivity contribution in [2.45, 2.75) is 0 Å². The standard InChI is InChI=1S/C11H9NO3/c13-11(14)7-15-10-3-1-2-8-6-12-5-4-9(8)10/h1-6H,7H2,(H,13,14). The minimum Gasteiger partial charge on any atom is -0.481 e. The smallest absolute Gasteiger partial charge is 0.341 e. The van der Waals surface area contributed by atoms with Gasteiger partial charge in [0.05, 0.1) is 0 Å². The number of carboxylic acids is 1. The van der Waals surface area contributed by atoms with Crippen LogP contribution in [0.3, 0.4) is 0 Å². The first kappa shape index (κ1) is 9.45. The van der Waals surface area contributed by atoms with Crippen molar-refractivity contribution >= 4 is 16.7 Å². The molecule has 2 aromatic rings. The highest BCUT2D eigenvalue weighted by Crippen LogP contribution is 2.24. The van der Waals surface area contributed by atoms with E-state index in [4.69, 9.17) is 9.84 Å². The maximum absolute atomic E-state index is 10.4. The molecule has 0 atom stereocenters. The Hall–Kier alpha value is -2.10. The second kappa shape index (κ2) is 3.96. The van der Waals surface area contributed by atoms with Crippen LogP contribution in [0.1, 0.15) is 0 Å². The first-order valence-corrected chi connectivity index (χ1v) is 4.45. The molecule has 0 saturated heterocycles. The summed E-state index contributed by atoms with van der Waals surface area (Å²) >= 11 is 0. The van der Waals surface area contributed by atoms with Gasteiger partial charge in [-0.1, -0.05) is 12.1 Å². The maximum Gasteiger partial charge on any atom is 0.341 e. The van der Waals surface area contributed by atoms with Gasteiger partial charge < -0.3 is 9.84 Å². The molecule has 0 radical (unpaired) electrons. The summed E-state index contributed by atoms with van der Waals surface area (Å²) in [6.07, 6.45) is 3.36. The predicted molar refractivity (Wildman–Crippen MR) is 54.9 cm³/mol. The van der Waals surface area contributed by atoms with Crippen molar-refractivity contribution in [3.63, 3.8) is 0 Å². The topological polar surface area (TPSA) is 59.4 Å². The Balaban J connectivity index is 2.38. The summed E-state index contributed by atoms with van der Waals surface area (Å²) in [4.78, 5) is 14.3. The van der Waals surface area contributed by atoms with E-state index in [-0.39, 0.29) is 6.61 Å². The van der Waals surface area contributed by atoms with Crippen LogP contribution in [0.5, 0.6) is 5.75 Å². The van der Waals surface area contributed by atoms with E-state index in [9.17, 15) is 4.79 Å². The highest BCUT2D eigenvalue weighted by Gasteiger charge is 2.03. The maximum atomic E-state index is 10.4. The van der Waals surface area contributed by atoms with Gasteiger partial charge in [-0.2, -0.15) is 0 Å². The van der Waals surface area contributed by atoms with Crippen LogP contribution in [0.2, 0.25) is 0 Å². The van der Waals surface area contributed by atoms with E-state index in [2.05, 4.69) is 4.98 Å². The van der Waals surface area contributed by atoms with Gasteiger partial charge in [-0.25, -0.2) is 4.79 Å². The van der Waals surface area contributed by atoms with Gasteiger partial charge in [-0.15, -0.1) is 0 Å². The highest BCUT2D eigenvalue weighted by atomic mass is 16.5. The van der Waals surface area contributed by atoms with Gasteiger partial charge in [-0.3, -0.25) is 4.98 Å². The van der Waals surface area contributed by atoms with Crippen LogP contribution in [-0.2, 0) is 4.79 Å². The number of benzene rings is 1. The van der Waals surface area contributed by atoms with Crippen molar-refractivity contribution in [2.75, 3.05) is 6.61 Å². The molecule has 4 heteroatoms. The highest BCUT2D eigenvalue weighted by molar-refractivity contribution is 5.87. The number of hydrogen-bond acceptors (Lipinski definition) is 3. The number of hydrogen-bond donors (Lipinski definition) is 1. The number of carboxylic acid groups (broad SMARTS) is 1. The van der Waals surface area contributed by atoms with Gasteiger partial charge in [0.25, 0.3) is 0 Å². The van der Waals surface area contributed by atoms with Gasteiger partial charge in [0.1, 0.15) is 5.75 Å². The fraction of sp³-hybridized carbons (Fsp3) is 0.0909. The van der Waals surface area contributed by atoms with Crippen LogP contribution >= 0.6 is 0 Å². The Kier molecular flexibility index (Phi) is 2.49. The normalized spacial score (nSPS) is 10.1. The zero-order chi connectivity index (χ0) is 10.7. The third-order valence-electron chi connectivity index (χ3n) is 1.99. The molecule has 0 bridgehead atoms. The van der Waals surface area contributed by atoms with Crippen LogP contribution in [0, 0.1) is 0 Å². The third-order valence-corrected chi connectivity index (χ3v) is 1.99. The molecule has 0 saturated carbocycles. The third kappa shape index (κ3) is 2.04. The summed E-state index contributed by atoms with van der Waals surface area (Å²) < 4.78 is 5.15. The average molecular weight is 203 g/mol. The largest absolute Gasteiger partial charge is 0.481 e. The molecule has 0 aliphatic heterocycles. The van der Waals surface area contributed by atoms with Crippen LogP contribution in [-0.4, -0.2) is 22.7 Å². The van der Waals surface area contributed by atoms with Gasteiger partial charge >= 0.3 is 5.97 Å². The molecular weight excluding hydrogens is 194 g/mol. The molecule has 4 nitrogen and oxygen atoms in total. The van der Waals surface area contributed by atoms with Gasteiger partial charge in [0.2, 0.25) is 0 Å². The molecule has 0 aliphatic carbocycles. The van der Waals surface area contributed by atoms with Crippen LogP contribution in [0.25, 0.3) is 10.8 Å². The summed E-state index contributed by atoms with van der Waals surface area (Å²) in [6.45, 7) is -0.332. The Morgan fingerprint density at radius 1 is 1.40 bits per heavy atom. The quantitative estimate of drug-likeness (QED) is 0.824. The molecule has 15 heavy (non-hydrogen) atoms. The molecule has 0 amide bonds. The first-order chi connectivity index (χ1) is 7.27.